The summed E-state index contributed by atoms with van der Waals surface area (Å²) < 4.78 is 0. The number of carbonyl (C=O) groups is 1. The Balaban J connectivity index is 2.51. The fourth-order valence-corrected chi connectivity index (χ4v) is 1.80. The van der Waals surface area contributed by atoms with Crippen LogP contribution in [0.2, 0.25) is 0 Å². The van der Waals surface area contributed by atoms with E-state index in [9.17, 15) is 4.79 Å². The zero-order chi connectivity index (χ0) is 12.8. The minimum absolute atomic E-state index is 0.204. The number of hydrogen-bond donors (Lipinski definition) is 0. The van der Waals surface area contributed by atoms with Gasteiger partial charge in [0.25, 0.3) is 0 Å². The van der Waals surface area contributed by atoms with Crippen LogP contribution in [0, 0.1) is 12.8 Å². The highest BCUT2D eigenvalue weighted by atomic mass is 16.1. The third-order valence-corrected chi connectivity index (χ3v) is 3.11. The second kappa shape index (κ2) is 6.55. The quantitative estimate of drug-likeness (QED) is 0.703. The first-order chi connectivity index (χ1) is 8.02. The van der Waals surface area contributed by atoms with Crippen molar-refractivity contribution in [3.8, 4) is 0 Å². The highest BCUT2D eigenvalue weighted by molar-refractivity contribution is 5.97. The second-order valence-corrected chi connectivity index (χ2v) is 5.00. The lowest BCUT2D eigenvalue weighted by molar-refractivity contribution is 0.0939. The molecular formula is C15H23NO. The summed E-state index contributed by atoms with van der Waals surface area (Å²) in [6, 6.07) is 7.80. The molecule has 0 aliphatic carbocycles. The highest BCUT2D eigenvalue weighted by Gasteiger charge is 2.10. The Morgan fingerprint density at radius 2 is 1.88 bits per heavy atom. The third kappa shape index (κ3) is 4.70. The van der Waals surface area contributed by atoms with Crippen LogP contribution in [-0.4, -0.2) is 30.8 Å². The highest BCUT2D eigenvalue weighted by Crippen LogP contribution is 2.07. The largest absolute Gasteiger partial charge is 0.299 e. The molecule has 2 nitrogen and oxygen atoms in total. The normalized spacial score (nSPS) is 12.8. The first kappa shape index (κ1) is 13.9. The Morgan fingerprint density at radius 1 is 1.29 bits per heavy atom. The van der Waals surface area contributed by atoms with Crippen molar-refractivity contribution in [3.05, 3.63) is 35.4 Å². The molecule has 1 aromatic rings. The number of likely N-dealkylation sites (N-methyl/N-ethyl adjacent to an activating group) is 1. The smallest absolute Gasteiger partial charge is 0.176 e. The van der Waals surface area contributed by atoms with Crippen LogP contribution in [0.15, 0.2) is 24.3 Å². The van der Waals surface area contributed by atoms with Gasteiger partial charge in [0.05, 0.1) is 6.54 Å². The maximum absolute atomic E-state index is 12.0. The van der Waals surface area contributed by atoms with Gasteiger partial charge in [-0.05, 0) is 19.9 Å². The number of ketones is 1. The summed E-state index contributed by atoms with van der Waals surface area (Å²) in [5, 5.41) is 0. The van der Waals surface area contributed by atoms with Crippen molar-refractivity contribution in [2.75, 3.05) is 20.1 Å². The topological polar surface area (TPSA) is 20.3 Å². The van der Waals surface area contributed by atoms with Crippen molar-refractivity contribution < 1.29 is 4.79 Å². The zero-order valence-electron chi connectivity index (χ0n) is 11.4. The predicted molar refractivity (Wildman–Crippen MR) is 72.5 cm³/mol. The summed E-state index contributed by atoms with van der Waals surface area (Å²) in [5.41, 5.74) is 2.00. The molecule has 0 spiro atoms. The summed E-state index contributed by atoms with van der Waals surface area (Å²) in [6.07, 6.45) is 1.16. The third-order valence-electron chi connectivity index (χ3n) is 3.11. The Bertz CT molecular complexity index is 356. The molecule has 0 fully saturated rings. The minimum Gasteiger partial charge on any atom is -0.299 e. The number of rotatable bonds is 6. The van der Waals surface area contributed by atoms with E-state index in [1.54, 1.807) is 0 Å². The molecule has 0 aliphatic heterocycles. The fourth-order valence-electron chi connectivity index (χ4n) is 1.80. The van der Waals surface area contributed by atoms with Crippen LogP contribution in [0.4, 0.5) is 0 Å². The van der Waals surface area contributed by atoms with Gasteiger partial charge in [-0.25, -0.2) is 0 Å². The maximum atomic E-state index is 12.0. The molecule has 0 aromatic heterocycles. The molecule has 0 bridgehead atoms. The second-order valence-electron chi connectivity index (χ2n) is 5.00. The average molecular weight is 233 g/mol. The fraction of sp³-hybridized carbons (Fsp3) is 0.533. The lowest BCUT2D eigenvalue weighted by Gasteiger charge is -2.19. The molecule has 0 heterocycles. The van der Waals surface area contributed by atoms with Crippen LogP contribution in [0.25, 0.3) is 0 Å². The summed E-state index contributed by atoms with van der Waals surface area (Å²) in [7, 11) is 2.01. The first-order valence-corrected chi connectivity index (χ1v) is 6.31. The molecule has 94 valence electrons. The van der Waals surface area contributed by atoms with Crippen LogP contribution in [0.5, 0.6) is 0 Å². The Morgan fingerprint density at radius 3 is 2.41 bits per heavy atom. The van der Waals surface area contributed by atoms with Gasteiger partial charge in [0, 0.05) is 12.1 Å². The van der Waals surface area contributed by atoms with Gasteiger partial charge in [-0.15, -0.1) is 0 Å². The Hall–Kier alpha value is -1.15. The number of hydrogen-bond acceptors (Lipinski definition) is 2. The number of aryl methyl sites for hydroxylation is 1. The van der Waals surface area contributed by atoms with Crippen molar-refractivity contribution in [2.24, 2.45) is 5.92 Å². The molecule has 0 amide bonds. The maximum Gasteiger partial charge on any atom is 0.176 e. The van der Waals surface area contributed by atoms with E-state index in [1.165, 1.54) is 5.56 Å². The van der Waals surface area contributed by atoms with Crippen LogP contribution in [-0.2, 0) is 0 Å². The average Bonchev–Trinajstić information content (AvgIpc) is 2.29. The van der Waals surface area contributed by atoms with Gasteiger partial charge in [-0.3, -0.25) is 9.69 Å². The lowest BCUT2D eigenvalue weighted by atomic mass is 10.1. The lowest BCUT2D eigenvalue weighted by Crippen LogP contribution is -2.30. The van der Waals surface area contributed by atoms with E-state index in [2.05, 4.69) is 18.7 Å². The number of benzene rings is 1. The molecule has 0 aliphatic rings. The zero-order valence-corrected chi connectivity index (χ0v) is 11.4. The van der Waals surface area contributed by atoms with Crippen LogP contribution >= 0.6 is 0 Å². The Kier molecular flexibility index (Phi) is 5.36. The van der Waals surface area contributed by atoms with Crippen LogP contribution in [0.3, 0.4) is 0 Å². The van der Waals surface area contributed by atoms with Crippen molar-refractivity contribution in [2.45, 2.75) is 27.2 Å². The van der Waals surface area contributed by atoms with Crippen LogP contribution in [0.1, 0.15) is 36.2 Å². The van der Waals surface area contributed by atoms with Gasteiger partial charge in [-0.1, -0.05) is 50.1 Å². The minimum atomic E-state index is 0.204. The van der Waals surface area contributed by atoms with E-state index >= 15 is 0 Å². The van der Waals surface area contributed by atoms with Crippen molar-refractivity contribution >= 4 is 5.78 Å². The van der Waals surface area contributed by atoms with E-state index < -0.39 is 0 Å². The summed E-state index contributed by atoms with van der Waals surface area (Å²) >= 11 is 0. The monoisotopic (exact) mass is 233 g/mol. The summed E-state index contributed by atoms with van der Waals surface area (Å²) in [6.45, 7) is 7.91. The molecule has 1 atom stereocenters. The van der Waals surface area contributed by atoms with Crippen LogP contribution < -0.4 is 0 Å². The van der Waals surface area contributed by atoms with Crippen molar-refractivity contribution in [1.82, 2.24) is 4.90 Å². The van der Waals surface area contributed by atoms with Gasteiger partial charge < -0.3 is 0 Å². The molecule has 0 radical (unpaired) electrons. The SMILES string of the molecule is CCC(C)CN(C)CC(=O)c1ccc(C)cc1. The number of Topliss-reactive ketones (excluding diaryl/α,β-unsaturated/α-hetero) is 1. The van der Waals surface area contributed by atoms with Gasteiger partial charge >= 0.3 is 0 Å². The van der Waals surface area contributed by atoms with Gasteiger partial charge in [0.15, 0.2) is 5.78 Å². The van der Waals surface area contributed by atoms with Gasteiger partial charge in [-0.2, -0.15) is 0 Å². The first-order valence-electron chi connectivity index (χ1n) is 6.31. The molecule has 1 aromatic carbocycles. The van der Waals surface area contributed by atoms with E-state index in [-0.39, 0.29) is 5.78 Å². The molecule has 0 N–H and O–H groups in total. The van der Waals surface area contributed by atoms with Gasteiger partial charge in [0.1, 0.15) is 0 Å². The molecule has 17 heavy (non-hydrogen) atoms. The van der Waals surface area contributed by atoms with Crippen molar-refractivity contribution in [3.63, 3.8) is 0 Å². The molecule has 2 heteroatoms. The van der Waals surface area contributed by atoms with E-state index in [0.717, 1.165) is 18.5 Å². The molecule has 0 saturated carbocycles. The van der Waals surface area contributed by atoms with Crippen molar-refractivity contribution in [1.29, 1.82) is 0 Å². The summed E-state index contributed by atoms with van der Waals surface area (Å²) in [5.74, 6) is 0.849. The molecule has 1 rings (SSSR count). The van der Waals surface area contributed by atoms with E-state index in [0.29, 0.717) is 12.5 Å². The predicted octanol–water partition coefficient (Wildman–Crippen LogP) is 3.16. The number of carbonyl (C=O) groups excluding carboxylic acids is 1. The molecule has 0 saturated heterocycles. The Labute approximate surface area is 105 Å². The van der Waals surface area contributed by atoms with Gasteiger partial charge in [0.2, 0.25) is 0 Å². The molecular weight excluding hydrogens is 210 g/mol. The number of nitrogens with zero attached hydrogens (tertiary/aromatic N) is 1. The molecule has 1 unspecified atom stereocenters. The van der Waals surface area contributed by atoms with E-state index in [1.807, 2.05) is 38.2 Å². The summed E-state index contributed by atoms with van der Waals surface area (Å²) in [4.78, 5) is 14.1. The standard InChI is InChI=1S/C15H23NO/c1-5-12(2)10-16(4)11-15(17)14-8-6-13(3)7-9-14/h6-9,12H,5,10-11H2,1-4H3. The van der Waals surface area contributed by atoms with E-state index in [4.69, 9.17) is 0 Å².